The second-order valence-corrected chi connectivity index (χ2v) is 8.38. The van der Waals surface area contributed by atoms with Crippen molar-refractivity contribution in [1.82, 2.24) is 4.90 Å². The molecule has 2 heteroatoms. The summed E-state index contributed by atoms with van der Waals surface area (Å²) in [5, 5.41) is 0. The molecule has 0 aromatic carbocycles. The van der Waals surface area contributed by atoms with Crippen LogP contribution in [-0.4, -0.2) is 30.3 Å². The highest BCUT2D eigenvalue weighted by Gasteiger charge is 2.37. The van der Waals surface area contributed by atoms with Crippen molar-refractivity contribution in [2.24, 2.45) is 23.2 Å². The van der Waals surface area contributed by atoms with Crippen LogP contribution in [0.1, 0.15) is 65.2 Å². The van der Waals surface area contributed by atoms with E-state index in [1.165, 1.54) is 45.2 Å². The first-order valence-electron chi connectivity index (χ1n) is 8.78. The third-order valence-corrected chi connectivity index (χ3v) is 6.16. The number of piperidine rings is 1. The fraction of sp³-hybridized carbons (Fsp3) is 0.944. The Hall–Kier alpha value is -0.370. The number of carbonyl (C=O) groups is 1. The number of likely N-dealkylation sites (tertiary alicyclic amines) is 1. The number of ketones is 1. The molecule has 20 heavy (non-hydrogen) atoms. The lowest BCUT2D eigenvalue weighted by molar-refractivity contribution is -0.128. The topological polar surface area (TPSA) is 20.3 Å². The lowest BCUT2D eigenvalue weighted by Crippen LogP contribution is -2.46. The van der Waals surface area contributed by atoms with Crippen LogP contribution >= 0.6 is 0 Å². The van der Waals surface area contributed by atoms with E-state index in [0.717, 1.165) is 37.6 Å². The molecule has 1 heterocycles. The van der Waals surface area contributed by atoms with E-state index >= 15 is 0 Å². The van der Waals surface area contributed by atoms with E-state index in [-0.39, 0.29) is 0 Å². The van der Waals surface area contributed by atoms with Crippen molar-refractivity contribution < 1.29 is 4.79 Å². The number of hydrogen-bond donors (Lipinski definition) is 0. The van der Waals surface area contributed by atoms with Gasteiger partial charge >= 0.3 is 0 Å². The molecule has 0 aromatic rings. The predicted molar refractivity (Wildman–Crippen MR) is 82.6 cm³/mol. The Morgan fingerprint density at radius 1 is 1.15 bits per heavy atom. The van der Waals surface area contributed by atoms with Crippen molar-refractivity contribution in [3.63, 3.8) is 0 Å². The molecule has 2 nitrogen and oxygen atoms in total. The summed E-state index contributed by atoms with van der Waals surface area (Å²) in [7, 11) is 0. The Labute approximate surface area is 124 Å². The van der Waals surface area contributed by atoms with Crippen LogP contribution in [0.5, 0.6) is 0 Å². The van der Waals surface area contributed by atoms with E-state index < -0.39 is 0 Å². The van der Waals surface area contributed by atoms with Gasteiger partial charge in [0.05, 0.1) is 0 Å². The second kappa shape index (κ2) is 5.79. The normalized spacial score (nSPS) is 38.5. The van der Waals surface area contributed by atoms with E-state index in [9.17, 15) is 4.79 Å². The van der Waals surface area contributed by atoms with Crippen LogP contribution < -0.4 is 0 Å². The number of Topliss-reactive ketones (excluding diaryl/α,β-unsaturated/α-hetero) is 1. The minimum atomic E-state index is 0.318. The maximum absolute atomic E-state index is 12.2. The van der Waals surface area contributed by atoms with Crippen LogP contribution in [0, 0.1) is 23.2 Å². The van der Waals surface area contributed by atoms with Crippen molar-refractivity contribution in [2.45, 2.75) is 65.2 Å². The van der Waals surface area contributed by atoms with Gasteiger partial charge in [0.25, 0.3) is 0 Å². The van der Waals surface area contributed by atoms with Gasteiger partial charge in [-0.1, -0.05) is 33.1 Å². The fourth-order valence-corrected chi connectivity index (χ4v) is 4.87. The van der Waals surface area contributed by atoms with Crippen molar-refractivity contribution in [1.29, 1.82) is 0 Å². The Kier molecular flexibility index (Phi) is 4.21. The molecule has 0 bridgehead atoms. The van der Waals surface area contributed by atoms with E-state index in [1.807, 2.05) is 0 Å². The van der Waals surface area contributed by atoms with Gasteiger partial charge in [0.15, 0.2) is 0 Å². The molecule has 3 fully saturated rings. The lowest BCUT2D eigenvalue weighted by atomic mass is 9.71. The molecule has 3 atom stereocenters. The minimum absolute atomic E-state index is 0.318. The molecular formula is C18H31NO. The molecule has 2 saturated carbocycles. The molecule has 0 spiro atoms. The second-order valence-electron chi connectivity index (χ2n) is 8.38. The third-order valence-electron chi connectivity index (χ3n) is 6.16. The number of fused-ring (bicyclic) bond motifs is 1. The first-order chi connectivity index (χ1) is 9.53. The van der Waals surface area contributed by atoms with Crippen LogP contribution in [0.2, 0.25) is 0 Å². The van der Waals surface area contributed by atoms with Crippen LogP contribution in [0.3, 0.4) is 0 Å². The van der Waals surface area contributed by atoms with Gasteiger partial charge < -0.3 is 4.90 Å². The summed E-state index contributed by atoms with van der Waals surface area (Å²) in [5.74, 6) is 2.79. The highest BCUT2D eigenvalue weighted by atomic mass is 16.1. The summed E-state index contributed by atoms with van der Waals surface area (Å²) in [6.45, 7) is 8.23. The van der Waals surface area contributed by atoms with Gasteiger partial charge in [0, 0.05) is 25.4 Å². The zero-order chi connectivity index (χ0) is 14.2. The highest BCUT2D eigenvalue weighted by molar-refractivity contribution is 5.82. The molecule has 1 saturated heterocycles. The Balaban J connectivity index is 1.56. The SMILES string of the molecule is CC1(C)CCC(=O)C(CN2CCC3CCCCC3C2)C1. The average Bonchev–Trinajstić information content (AvgIpc) is 2.43. The van der Waals surface area contributed by atoms with Crippen LogP contribution in [0.15, 0.2) is 0 Å². The predicted octanol–water partition coefficient (Wildman–Crippen LogP) is 3.89. The summed E-state index contributed by atoms with van der Waals surface area (Å²) in [6.07, 6.45) is 10.2. The molecule has 0 N–H and O–H groups in total. The summed E-state index contributed by atoms with van der Waals surface area (Å²) in [4.78, 5) is 14.8. The number of nitrogens with zero attached hydrogens (tertiary/aromatic N) is 1. The zero-order valence-corrected chi connectivity index (χ0v) is 13.4. The van der Waals surface area contributed by atoms with E-state index in [0.29, 0.717) is 17.1 Å². The number of hydrogen-bond acceptors (Lipinski definition) is 2. The molecule has 3 unspecified atom stereocenters. The monoisotopic (exact) mass is 277 g/mol. The van der Waals surface area contributed by atoms with Gasteiger partial charge in [-0.25, -0.2) is 0 Å². The highest BCUT2D eigenvalue weighted by Crippen LogP contribution is 2.39. The zero-order valence-electron chi connectivity index (χ0n) is 13.4. The largest absolute Gasteiger partial charge is 0.302 e. The number of carbonyl (C=O) groups excluding carboxylic acids is 1. The third kappa shape index (κ3) is 3.27. The molecule has 2 aliphatic carbocycles. The molecule has 3 aliphatic rings. The molecule has 114 valence electrons. The van der Waals surface area contributed by atoms with Gasteiger partial charge in [-0.05, 0) is 49.5 Å². The van der Waals surface area contributed by atoms with Crippen LogP contribution in [-0.2, 0) is 4.79 Å². The van der Waals surface area contributed by atoms with Gasteiger partial charge in [0.2, 0.25) is 0 Å². The van der Waals surface area contributed by atoms with Crippen molar-refractivity contribution in [2.75, 3.05) is 19.6 Å². The summed E-state index contributed by atoms with van der Waals surface area (Å²) in [6, 6.07) is 0. The first-order valence-corrected chi connectivity index (χ1v) is 8.78. The minimum Gasteiger partial charge on any atom is -0.302 e. The maximum Gasteiger partial charge on any atom is 0.137 e. The van der Waals surface area contributed by atoms with Gasteiger partial charge in [-0.2, -0.15) is 0 Å². The molecule has 1 aliphatic heterocycles. The Bertz CT molecular complexity index is 362. The van der Waals surface area contributed by atoms with E-state index in [4.69, 9.17) is 0 Å². The molecule has 0 radical (unpaired) electrons. The van der Waals surface area contributed by atoms with E-state index in [1.54, 1.807) is 0 Å². The summed E-state index contributed by atoms with van der Waals surface area (Å²) in [5.41, 5.74) is 0.377. The van der Waals surface area contributed by atoms with Crippen molar-refractivity contribution in [3.8, 4) is 0 Å². The molecule has 3 rings (SSSR count). The Morgan fingerprint density at radius 3 is 2.70 bits per heavy atom. The fourth-order valence-electron chi connectivity index (χ4n) is 4.87. The summed E-state index contributed by atoms with van der Waals surface area (Å²) < 4.78 is 0. The van der Waals surface area contributed by atoms with Gasteiger partial charge in [-0.3, -0.25) is 4.79 Å². The smallest absolute Gasteiger partial charge is 0.137 e. The molecule has 0 aromatic heterocycles. The lowest BCUT2D eigenvalue weighted by Gasteiger charge is -2.43. The Morgan fingerprint density at radius 2 is 1.90 bits per heavy atom. The van der Waals surface area contributed by atoms with Crippen molar-refractivity contribution in [3.05, 3.63) is 0 Å². The van der Waals surface area contributed by atoms with Gasteiger partial charge in [-0.15, -0.1) is 0 Å². The first kappa shape index (κ1) is 14.6. The quantitative estimate of drug-likeness (QED) is 0.763. The average molecular weight is 277 g/mol. The van der Waals surface area contributed by atoms with Crippen LogP contribution in [0.4, 0.5) is 0 Å². The summed E-state index contributed by atoms with van der Waals surface area (Å²) >= 11 is 0. The standard InChI is InChI=1S/C18H31NO/c1-18(2)9-7-17(20)16(11-18)13-19-10-8-14-5-3-4-6-15(14)12-19/h14-16H,3-13H2,1-2H3. The maximum atomic E-state index is 12.2. The van der Waals surface area contributed by atoms with Gasteiger partial charge in [0.1, 0.15) is 5.78 Å². The van der Waals surface area contributed by atoms with Crippen LogP contribution in [0.25, 0.3) is 0 Å². The number of rotatable bonds is 2. The van der Waals surface area contributed by atoms with Crippen molar-refractivity contribution >= 4 is 5.78 Å². The molecule has 0 amide bonds. The van der Waals surface area contributed by atoms with E-state index in [2.05, 4.69) is 18.7 Å². The molecular weight excluding hydrogens is 246 g/mol.